The molecule has 136 valence electrons. The van der Waals surface area contributed by atoms with Crippen molar-refractivity contribution < 1.29 is 0 Å². The lowest BCUT2D eigenvalue weighted by molar-refractivity contribution is 0.495. The lowest BCUT2D eigenvalue weighted by Crippen LogP contribution is -2.25. The minimum atomic E-state index is 0.604. The van der Waals surface area contributed by atoms with Gasteiger partial charge < -0.3 is 9.80 Å². The summed E-state index contributed by atoms with van der Waals surface area (Å²) in [5.74, 6) is 0.604. The molecule has 2 aliphatic heterocycles. The molecule has 0 saturated heterocycles. The van der Waals surface area contributed by atoms with Crippen LogP contribution in [0.25, 0.3) is 5.70 Å². The molecule has 0 fully saturated rings. The van der Waals surface area contributed by atoms with Crippen molar-refractivity contribution in [2.45, 2.75) is 50.7 Å². The van der Waals surface area contributed by atoms with Gasteiger partial charge >= 0.3 is 0 Å². The van der Waals surface area contributed by atoms with Gasteiger partial charge in [0.2, 0.25) is 0 Å². The molecule has 0 radical (unpaired) electrons. The number of aromatic nitrogens is 1. The van der Waals surface area contributed by atoms with E-state index < -0.39 is 0 Å². The van der Waals surface area contributed by atoms with E-state index in [1.54, 1.807) is 0 Å². The van der Waals surface area contributed by atoms with Gasteiger partial charge in [-0.2, -0.15) is 0 Å². The second kappa shape index (κ2) is 6.34. The lowest BCUT2D eigenvalue weighted by Gasteiger charge is -2.26. The Morgan fingerprint density at radius 1 is 1.15 bits per heavy atom. The van der Waals surface area contributed by atoms with Crippen molar-refractivity contribution in [2.24, 2.45) is 0 Å². The number of benzene rings is 1. The second-order valence-corrected chi connectivity index (χ2v) is 9.08. The highest BCUT2D eigenvalue weighted by molar-refractivity contribution is 8.00. The first-order valence-corrected chi connectivity index (χ1v) is 10.2. The molecule has 0 aliphatic carbocycles. The van der Waals surface area contributed by atoms with Crippen LogP contribution in [0.2, 0.25) is 0 Å². The van der Waals surface area contributed by atoms with Crippen LogP contribution >= 0.6 is 11.8 Å². The number of pyridine rings is 1. The van der Waals surface area contributed by atoms with E-state index in [2.05, 4.69) is 81.9 Å². The van der Waals surface area contributed by atoms with Crippen molar-refractivity contribution in [3.05, 3.63) is 58.5 Å². The Morgan fingerprint density at radius 2 is 1.92 bits per heavy atom. The molecule has 2 unspecified atom stereocenters. The molecule has 1 aromatic carbocycles. The fourth-order valence-corrected chi connectivity index (χ4v) is 5.63. The molecule has 3 heterocycles. The largest absolute Gasteiger partial charge is 0.361 e. The predicted octanol–water partition coefficient (Wildman–Crippen LogP) is 5.31. The fraction of sp³-hybridized carbons (Fsp3) is 0.409. The van der Waals surface area contributed by atoms with E-state index >= 15 is 0 Å². The van der Waals surface area contributed by atoms with Crippen molar-refractivity contribution in [1.29, 1.82) is 0 Å². The standard InChI is InChI=1S/C22H27N3S/c1-13-10-14(2)23-16(4)21(13)20-11-24(6)12-25(20)19-9-7-8-18-15(3)17(5)26-22(18)19/h7-11,15,17H,12H2,1-6H3. The van der Waals surface area contributed by atoms with Crippen molar-refractivity contribution in [3.8, 4) is 0 Å². The molecule has 26 heavy (non-hydrogen) atoms. The number of anilines is 1. The van der Waals surface area contributed by atoms with Gasteiger partial charge in [0.05, 0.1) is 18.1 Å². The van der Waals surface area contributed by atoms with E-state index in [1.807, 2.05) is 11.8 Å². The molecular weight excluding hydrogens is 338 g/mol. The minimum absolute atomic E-state index is 0.604. The Balaban J connectivity index is 1.84. The Kier molecular flexibility index (Phi) is 4.26. The smallest absolute Gasteiger partial charge is 0.0945 e. The van der Waals surface area contributed by atoms with E-state index in [0.29, 0.717) is 11.2 Å². The minimum Gasteiger partial charge on any atom is -0.361 e. The van der Waals surface area contributed by atoms with Gasteiger partial charge in [-0.3, -0.25) is 4.98 Å². The maximum absolute atomic E-state index is 4.74. The third-order valence-electron chi connectivity index (χ3n) is 5.59. The van der Waals surface area contributed by atoms with Crippen LogP contribution in [0.3, 0.4) is 0 Å². The highest BCUT2D eigenvalue weighted by Crippen LogP contribution is 2.51. The normalized spacial score (nSPS) is 22.0. The van der Waals surface area contributed by atoms with Crippen LogP contribution in [0.1, 0.15) is 47.8 Å². The summed E-state index contributed by atoms with van der Waals surface area (Å²) in [5, 5.41) is 0.628. The Bertz CT molecular complexity index is 879. The van der Waals surface area contributed by atoms with Gasteiger partial charge in [0.25, 0.3) is 0 Å². The van der Waals surface area contributed by atoms with Gasteiger partial charge in [0, 0.05) is 40.3 Å². The quantitative estimate of drug-likeness (QED) is 0.718. The van der Waals surface area contributed by atoms with E-state index in [-0.39, 0.29) is 0 Å². The molecule has 2 aromatic rings. The first-order valence-electron chi connectivity index (χ1n) is 9.31. The third kappa shape index (κ3) is 2.71. The number of hydrogen-bond acceptors (Lipinski definition) is 4. The Labute approximate surface area is 161 Å². The van der Waals surface area contributed by atoms with Crippen molar-refractivity contribution in [1.82, 2.24) is 9.88 Å². The molecule has 0 spiro atoms. The van der Waals surface area contributed by atoms with Gasteiger partial charge in [0.1, 0.15) is 0 Å². The average Bonchev–Trinajstić information content (AvgIpc) is 3.07. The Hall–Kier alpha value is -1.94. The molecule has 4 heteroatoms. The van der Waals surface area contributed by atoms with Crippen LogP contribution in [0.5, 0.6) is 0 Å². The summed E-state index contributed by atoms with van der Waals surface area (Å²) < 4.78 is 0. The van der Waals surface area contributed by atoms with E-state index in [1.165, 1.54) is 33.0 Å². The highest BCUT2D eigenvalue weighted by atomic mass is 32.2. The summed E-state index contributed by atoms with van der Waals surface area (Å²) in [6.45, 7) is 12.0. The van der Waals surface area contributed by atoms with Gasteiger partial charge in [0.15, 0.2) is 0 Å². The van der Waals surface area contributed by atoms with E-state index in [9.17, 15) is 0 Å². The molecule has 2 atom stereocenters. The topological polar surface area (TPSA) is 19.4 Å². The van der Waals surface area contributed by atoms with Gasteiger partial charge in [-0.05, 0) is 49.9 Å². The number of thioether (sulfide) groups is 1. The predicted molar refractivity (Wildman–Crippen MR) is 112 cm³/mol. The summed E-state index contributed by atoms with van der Waals surface area (Å²) >= 11 is 2.02. The zero-order valence-electron chi connectivity index (χ0n) is 16.5. The van der Waals surface area contributed by atoms with Crippen LogP contribution < -0.4 is 4.90 Å². The fourth-order valence-electron chi connectivity index (χ4n) is 4.22. The SMILES string of the molecule is Cc1cc(C)c(C2=CN(C)CN2c2cccc3c2SC(C)C3C)c(C)n1. The first kappa shape index (κ1) is 17.5. The van der Waals surface area contributed by atoms with Gasteiger partial charge in [-0.25, -0.2) is 0 Å². The van der Waals surface area contributed by atoms with Crippen LogP contribution in [0, 0.1) is 20.8 Å². The van der Waals surface area contributed by atoms with E-state index in [0.717, 1.165) is 18.1 Å². The number of fused-ring (bicyclic) bond motifs is 1. The number of rotatable bonds is 2. The summed E-state index contributed by atoms with van der Waals surface area (Å²) in [7, 11) is 2.15. The molecule has 3 nitrogen and oxygen atoms in total. The molecule has 0 bridgehead atoms. The summed E-state index contributed by atoms with van der Waals surface area (Å²) in [4.78, 5) is 10.9. The maximum atomic E-state index is 4.74. The van der Waals surface area contributed by atoms with Gasteiger partial charge in [-0.1, -0.05) is 26.0 Å². The lowest BCUT2D eigenvalue weighted by atomic mass is 9.97. The average molecular weight is 366 g/mol. The van der Waals surface area contributed by atoms with Gasteiger partial charge in [-0.15, -0.1) is 11.8 Å². The summed E-state index contributed by atoms with van der Waals surface area (Å²) in [6, 6.07) is 8.98. The van der Waals surface area contributed by atoms with Crippen molar-refractivity contribution >= 4 is 23.1 Å². The molecule has 1 aromatic heterocycles. The molecule has 4 rings (SSSR count). The van der Waals surface area contributed by atoms with Crippen LogP contribution in [0.4, 0.5) is 5.69 Å². The van der Waals surface area contributed by atoms with E-state index in [4.69, 9.17) is 4.98 Å². The monoisotopic (exact) mass is 365 g/mol. The molecule has 0 amide bonds. The van der Waals surface area contributed by atoms with Crippen LogP contribution in [-0.2, 0) is 0 Å². The van der Waals surface area contributed by atoms with Crippen LogP contribution in [0.15, 0.2) is 35.4 Å². The zero-order chi connectivity index (χ0) is 18.6. The maximum Gasteiger partial charge on any atom is 0.0945 e. The first-order chi connectivity index (χ1) is 12.4. The molecule has 0 saturated carbocycles. The highest BCUT2D eigenvalue weighted by Gasteiger charge is 2.33. The second-order valence-electron chi connectivity index (χ2n) is 7.69. The Morgan fingerprint density at radius 3 is 2.65 bits per heavy atom. The van der Waals surface area contributed by atoms with Crippen LogP contribution in [-0.4, -0.2) is 28.9 Å². The van der Waals surface area contributed by atoms with Crippen molar-refractivity contribution in [3.63, 3.8) is 0 Å². The molecule has 0 N–H and O–H groups in total. The number of nitrogens with zero attached hydrogens (tertiary/aromatic N) is 3. The number of hydrogen-bond donors (Lipinski definition) is 0. The number of aryl methyl sites for hydroxylation is 3. The van der Waals surface area contributed by atoms with Crippen molar-refractivity contribution in [2.75, 3.05) is 18.6 Å². The third-order valence-corrected chi connectivity index (χ3v) is 7.05. The molecule has 2 aliphatic rings. The zero-order valence-corrected chi connectivity index (χ0v) is 17.3. The summed E-state index contributed by atoms with van der Waals surface area (Å²) in [5.41, 5.74) is 8.83. The molecular formula is C22H27N3S. The summed E-state index contributed by atoms with van der Waals surface area (Å²) in [6.07, 6.45) is 2.26.